The minimum Gasteiger partial charge on any atom is -0.311 e. The van der Waals surface area contributed by atoms with E-state index in [-0.39, 0.29) is 28.4 Å². The Morgan fingerprint density at radius 2 is 1.01 bits per heavy atom. The number of rotatable bonds is 3. The van der Waals surface area contributed by atoms with Crippen LogP contribution < -0.4 is 25.5 Å². The predicted molar refractivity (Wildman–Crippen MR) is 308 cm³/mol. The summed E-state index contributed by atoms with van der Waals surface area (Å²) in [5.41, 5.74) is 22.1. The van der Waals surface area contributed by atoms with E-state index in [2.05, 4.69) is 244 Å². The first-order valence-corrected chi connectivity index (χ1v) is 26.7. The summed E-state index contributed by atoms with van der Waals surface area (Å²) in [4.78, 5) is 5.26. The highest BCUT2D eigenvalue weighted by Crippen LogP contribution is 2.55. The summed E-state index contributed by atoms with van der Waals surface area (Å²) >= 11 is 3.91. The molecular weight excluding hydrogens is 884 g/mol. The Bertz CT molecular complexity index is 3810. The van der Waals surface area contributed by atoms with Crippen LogP contribution in [0.25, 0.3) is 52.5 Å². The molecule has 1 aliphatic carbocycles. The van der Waals surface area contributed by atoms with Gasteiger partial charge in [0, 0.05) is 68.9 Å². The Hall–Kier alpha value is -6.40. The normalized spacial score (nSPS) is 14.8. The highest BCUT2D eigenvalue weighted by Gasteiger charge is 2.47. The molecule has 0 unspecified atom stereocenters. The standard InChI is InChI=1S/C65H59BN2S2/c1-62(2,3)40-21-26-43(27-22-40)67-53-31-25-42(64(7,8)9)35-52(53)66-59-54(67)32-39(38-20-30-47-46-17-13-15-19-56(46)69-57(47)34-38)33-55(59)68(44-28-23-41(24-29-44)63(4,5)6)60-49-36-48-45-16-12-14-18-50(45)65(10,11)51(48)37-58(49)70-61(60)66/h12-37H,1-11H3. The minimum absolute atomic E-state index is 0.0131. The van der Waals surface area contributed by atoms with Gasteiger partial charge in [0.15, 0.2) is 0 Å². The van der Waals surface area contributed by atoms with Crippen molar-refractivity contribution in [1.29, 1.82) is 0 Å². The average Bonchev–Trinajstić information content (AvgIpc) is 3.96. The topological polar surface area (TPSA) is 6.48 Å². The molecule has 8 aromatic carbocycles. The average molecular weight is 943 g/mol. The molecule has 0 spiro atoms. The summed E-state index contributed by atoms with van der Waals surface area (Å²) < 4.78 is 5.40. The Balaban J connectivity index is 1.15. The molecule has 4 heterocycles. The van der Waals surface area contributed by atoms with Gasteiger partial charge in [-0.05, 0) is 144 Å². The lowest BCUT2D eigenvalue weighted by molar-refractivity contribution is 0.590. The van der Waals surface area contributed by atoms with Gasteiger partial charge in [0.1, 0.15) is 0 Å². The summed E-state index contributed by atoms with van der Waals surface area (Å²) in [6, 6.07) is 61.6. The van der Waals surface area contributed by atoms with Crippen LogP contribution in [-0.2, 0) is 21.7 Å². The lowest BCUT2D eigenvalue weighted by Crippen LogP contribution is -2.60. The molecule has 0 radical (unpaired) electrons. The van der Waals surface area contributed by atoms with E-state index in [1.165, 1.54) is 130 Å². The molecule has 3 aliphatic rings. The first kappa shape index (κ1) is 43.6. The zero-order valence-corrected chi connectivity index (χ0v) is 43.9. The van der Waals surface area contributed by atoms with Crippen LogP contribution in [0.1, 0.15) is 104 Å². The molecule has 2 nitrogen and oxygen atoms in total. The van der Waals surface area contributed by atoms with E-state index in [1.807, 2.05) is 22.7 Å². The lowest BCUT2D eigenvalue weighted by Gasteiger charge is -2.44. The van der Waals surface area contributed by atoms with Crippen LogP contribution in [0.15, 0.2) is 158 Å². The molecule has 70 heavy (non-hydrogen) atoms. The zero-order chi connectivity index (χ0) is 48.4. The summed E-state index contributed by atoms with van der Waals surface area (Å²) in [6.45, 7) is 25.8. The minimum atomic E-state index is -0.101. The number of anilines is 6. The summed E-state index contributed by atoms with van der Waals surface area (Å²) in [6.07, 6.45) is 0. The first-order valence-electron chi connectivity index (χ1n) is 25.1. The highest BCUT2D eigenvalue weighted by molar-refractivity contribution is 7.33. The number of nitrogens with zero attached hydrogens (tertiary/aromatic N) is 2. The Morgan fingerprint density at radius 3 is 1.70 bits per heavy atom. The molecule has 0 saturated carbocycles. The van der Waals surface area contributed by atoms with Crippen LogP contribution in [-0.4, -0.2) is 6.71 Å². The highest BCUT2D eigenvalue weighted by atomic mass is 32.1. The molecule has 2 aliphatic heterocycles. The molecule has 10 aromatic rings. The van der Waals surface area contributed by atoms with Crippen LogP contribution in [0.5, 0.6) is 0 Å². The number of benzene rings is 8. The summed E-state index contributed by atoms with van der Waals surface area (Å²) in [5.74, 6) is 0. The van der Waals surface area contributed by atoms with Crippen molar-refractivity contribution in [2.24, 2.45) is 0 Å². The second kappa shape index (κ2) is 14.8. The molecule has 0 amide bonds. The molecule has 13 rings (SSSR count). The van der Waals surface area contributed by atoms with E-state index >= 15 is 0 Å². The van der Waals surface area contributed by atoms with Crippen molar-refractivity contribution in [3.05, 3.63) is 186 Å². The van der Waals surface area contributed by atoms with Gasteiger partial charge in [-0.15, -0.1) is 22.7 Å². The fraction of sp³-hybridized carbons (Fsp3) is 0.231. The van der Waals surface area contributed by atoms with E-state index in [1.54, 1.807) is 0 Å². The number of hydrogen-bond acceptors (Lipinski definition) is 4. The number of fused-ring (bicyclic) bond motifs is 12. The first-order chi connectivity index (χ1) is 33.3. The smallest absolute Gasteiger partial charge is 0.264 e. The van der Waals surface area contributed by atoms with Gasteiger partial charge in [0.2, 0.25) is 0 Å². The van der Waals surface area contributed by atoms with Gasteiger partial charge in [0.25, 0.3) is 6.71 Å². The fourth-order valence-electron chi connectivity index (χ4n) is 12.0. The largest absolute Gasteiger partial charge is 0.311 e. The van der Waals surface area contributed by atoms with E-state index in [9.17, 15) is 0 Å². The van der Waals surface area contributed by atoms with Gasteiger partial charge in [-0.1, -0.05) is 167 Å². The monoisotopic (exact) mass is 942 g/mol. The van der Waals surface area contributed by atoms with Crippen LogP contribution in [0.4, 0.5) is 34.1 Å². The zero-order valence-electron chi connectivity index (χ0n) is 42.3. The maximum absolute atomic E-state index is 2.66. The van der Waals surface area contributed by atoms with Gasteiger partial charge in [0.05, 0.1) is 5.69 Å². The van der Waals surface area contributed by atoms with E-state index < -0.39 is 0 Å². The molecule has 0 atom stereocenters. The van der Waals surface area contributed by atoms with Crippen molar-refractivity contribution in [3.8, 4) is 22.3 Å². The fourth-order valence-corrected chi connectivity index (χ4v) is 14.5. The van der Waals surface area contributed by atoms with Crippen molar-refractivity contribution in [1.82, 2.24) is 0 Å². The van der Waals surface area contributed by atoms with Crippen LogP contribution in [0, 0.1) is 0 Å². The summed E-state index contributed by atoms with van der Waals surface area (Å²) in [5, 5.41) is 3.97. The van der Waals surface area contributed by atoms with Crippen LogP contribution in [0.3, 0.4) is 0 Å². The Morgan fingerprint density at radius 1 is 0.429 bits per heavy atom. The van der Waals surface area contributed by atoms with Crippen molar-refractivity contribution in [3.63, 3.8) is 0 Å². The van der Waals surface area contributed by atoms with Crippen LogP contribution >= 0.6 is 22.7 Å². The molecule has 5 heteroatoms. The molecule has 0 bridgehead atoms. The predicted octanol–water partition coefficient (Wildman–Crippen LogP) is 17.2. The van der Waals surface area contributed by atoms with E-state index in [4.69, 9.17) is 0 Å². The quantitative estimate of drug-likeness (QED) is 0.163. The third kappa shape index (κ3) is 6.43. The molecular formula is C65H59BN2S2. The van der Waals surface area contributed by atoms with Crippen molar-refractivity contribution in [2.75, 3.05) is 9.80 Å². The van der Waals surface area contributed by atoms with E-state index in [0.717, 1.165) is 0 Å². The number of hydrogen-bond donors (Lipinski definition) is 0. The molecule has 0 saturated heterocycles. The third-order valence-electron chi connectivity index (χ3n) is 15.9. The van der Waals surface area contributed by atoms with Crippen LogP contribution in [0.2, 0.25) is 0 Å². The molecule has 344 valence electrons. The molecule has 2 aromatic heterocycles. The van der Waals surface area contributed by atoms with Gasteiger partial charge >= 0.3 is 0 Å². The maximum atomic E-state index is 2.66. The maximum Gasteiger partial charge on any atom is 0.264 e. The van der Waals surface area contributed by atoms with Crippen molar-refractivity contribution >= 4 is 109 Å². The van der Waals surface area contributed by atoms with Gasteiger partial charge < -0.3 is 9.80 Å². The second-order valence-electron chi connectivity index (χ2n) is 23.8. The molecule has 0 N–H and O–H groups in total. The SMILES string of the molecule is CC(C)(C)c1ccc(N2c3ccc(C(C)(C)C)cc3B3c4sc5cc6c(cc5c4N(c4ccc(C(C)(C)C)cc4)c4cc(-c5ccc7c(c5)sc5ccccc57)cc2c43)-c2ccccc2C6(C)C)cc1. The summed E-state index contributed by atoms with van der Waals surface area (Å²) in [7, 11) is 0. The van der Waals surface area contributed by atoms with Crippen molar-refractivity contribution < 1.29 is 0 Å². The Kier molecular flexibility index (Phi) is 9.24. The molecule has 0 fully saturated rings. The van der Waals surface area contributed by atoms with Gasteiger partial charge in [-0.25, -0.2) is 0 Å². The van der Waals surface area contributed by atoms with Gasteiger partial charge in [-0.2, -0.15) is 0 Å². The van der Waals surface area contributed by atoms with Gasteiger partial charge in [-0.3, -0.25) is 0 Å². The van der Waals surface area contributed by atoms with E-state index in [0.29, 0.717) is 0 Å². The second-order valence-corrected chi connectivity index (χ2v) is 26.0. The number of thiophene rings is 2. The third-order valence-corrected chi connectivity index (χ3v) is 18.3. The Labute approximate surface area is 422 Å². The lowest BCUT2D eigenvalue weighted by atomic mass is 9.36. The van der Waals surface area contributed by atoms with Crippen molar-refractivity contribution in [2.45, 2.75) is 97.8 Å².